The Morgan fingerprint density at radius 2 is 2.06 bits per heavy atom. The summed E-state index contributed by atoms with van der Waals surface area (Å²) in [6.07, 6.45) is -3.55. The molecular formula is C11H7F2NO3. The van der Waals surface area contributed by atoms with E-state index in [1.54, 1.807) is 0 Å². The van der Waals surface area contributed by atoms with Crippen LogP contribution in [0, 0.1) is 11.3 Å². The van der Waals surface area contributed by atoms with Gasteiger partial charge in [-0.3, -0.25) is 4.79 Å². The maximum atomic E-state index is 12.7. The summed E-state index contributed by atoms with van der Waals surface area (Å²) in [4.78, 5) is 11.5. The van der Waals surface area contributed by atoms with Gasteiger partial charge in [0, 0.05) is 18.4 Å². The molecule has 1 aliphatic heterocycles. The molecule has 1 aliphatic rings. The molecule has 1 aromatic rings. The SMILES string of the molecule is N#CCCC(=O)c1ccc2c(c1)OC(F)(F)O2. The van der Waals surface area contributed by atoms with Crippen LogP contribution in [-0.2, 0) is 0 Å². The molecule has 0 fully saturated rings. The van der Waals surface area contributed by atoms with Crippen LogP contribution >= 0.6 is 0 Å². The zero-order valence-electron chi connectivity index (χ0n) is 8.57. The van der Waals surface area contributed by atoms with Gasteiger partial charge in [-0.15, -0.1) is 8.78 Å². The van der Waals surface area contributed by atoms with Crippen LogP contribution < -0.4 is 9.47 Å². The highest BCUT2D eigenvalue weighted by atomic mass is 19.3. The highest BCUT2D eigenvalue weighted by Gasteiger charge is 2.43. The van der Waals surface area contributed by atoms with E-state index in [4.69, 9.17) is 5.26 Å². The van der Waals surface area contributed by atoms with Gasteiger partial charge in [0.25, 0.3) is 0 Å². The third-order valence-corrected chi connectivity index (χ3v) is 2.19. The van der Waals surface area contributed by atoms with Crippen LogP contribution in [0.25, 0.3) is 0 Å². The van der Waals surface area contributed by atoms with Gasteiger partial charge in [0.2, 0.25) is 0 Å². The van der Waals surface area contributed by atoms with Crippen molar-refractivity contribution >= 4 is 5.78 Å². The Hall–Kier alpha value is -2.16. The number of nitriles is 1. The van der Waals surface area contributed by atoms with E-state index < -0.39 is 6.29 Å². The zero-order chi connectivity index (χ0) is 12.5. The molecule has 0 radical (unpaired) electrons. The normalized spacial score (nSPS) is 15.4. The first kappa shape index (κ1) is 11.3. The summed E-state index contributed by atoms with van der Waals surface area (Å²) in [5, 5.41) is 8.34. The number of hydrogen-bond donors (Lipinski definition) is 0. The molecule has 0 amide bonds. The topological polar surface area (TPSA) is 59.3 Å². The van der Waals surface area contributed by atoms with Gasteiger partial charge in [-0.2, -0.15) is 5.26 Å². The number of ketones is 1. The van der Waals surface area contributed by atoms with E-state index in [-0.39, 0.29) is 35.7 Å². The molecule has 1 heterocycles. The second-order valence-electron chi connectivity index (χ2n) is 3.41. The van der Waals surface area contributed by atoms with Crippen molar-refractivity contribution in [3.05, 3.63) is 23.8 Å². The lowest BCUT2D eigenvalue weighted by Crippen LogP contribution is -2.25. The summed E-state index contributed by atoms with van der Waals surface area (Å²) in [5.74, 6) is -0.571. The van der Waals surface area contributed by atoms with E-state index in [9.17, 15) is 13.6 Å². The number of halogens is 2. The molecule has 0 saturated carbocycles. The van der Waals surface area contributed by atoms with Crippen LogP contribution in [-0.4, -0.2) is 12.1 Å². The van der Waals surface area contributed by atoms with Crippen LogP contribution in [0.5, 0.6) is 11.5 Å². The molecule has 1 aromatic carbocycles. The molecule has 6 heteroatoms. The molecule has 0 unspecified atom stereocenters. The number of benzene rings is 1. The number of carbonyl (C=O) groups is 1. The second kappa shape index (κ2) is 4.01. The number of hydrogen-bond acceptors (Lipinski definition) is 4. The lowest BCUT2D eigenvalue weighted by Gasteiger charge is -2.04. The molecular weight excluding hydrogens is 232 g/mol. The molecule has 0 N–H and O–H groups in total. The van der Waals surface area contributed by atoms with Crippen molar-refractivity contribution in [3.63, 3.8) is 0 Å². The van der Waals surface area contributed by atoms with Crippen molar-refractivity contribution in [1.29, 1.82) is 5.26 Å². The van der Waals surface area contributed by atoms with Crippen LogP contribution in [0.2, 0.25) is 0 Å². The van der Waals surface area contributed by atoms with Gasteiger partial charge in [-0.25, -0.2) is 0 Å². The Bertz CT molecular complexity index is 508. The van der Waals surface area contributed by atoms with E-state index >= 15 is 0 Å². The number of Topliss-reactive ketones (excluding diaryl/α,β-unsaturated/α-hetero) is 1. The smallest absolute Gasteiger partial charge is 0.395 e. The van der Waals surface area contributed by atoms with Crippen molar-refractivity contribution < 1.29 is 23.0 Å². The second-order valence-corrected chi connectivity index (χ2v) is 3.41. The largest absolute Gasteiger partial charge is 0.586 e. The Kier molecular flexibility index (Phi) is 2.68. The average Bonchev–Trinajstić information content (AvgIpc) is 2.58. The standard InChI is InChI=1S/C11H7F2NO3/c12-11(13)16-9-4-3-7(6-10(9)17-11)8(15)2-1-5-14/h3-4,6H,1-2H2. The number of nitrogens with zero attached hydrogens (tertiary/aromatic N) is 1. The number of ether oxygens (including phenoxy) is 2. The summed E-state index contributed by atoms with van der Waals surface area (Å²) in [5.41, 5.74) is 0.223. The molecule has 4 nitrogen and oxygen atoms in total. The fraction of sp³-hybridized carbons (Fsp3) is 0.273. The van der Waals surface area contributed by atoms with Crippen LogP contribution in [0.3, 0.4) is 0 Å². The van der Waals surface area contributed by atoms with Crippen molar-refractivity contribution in [3.8, 4) is 17.6 Å². The van der Waals surface area contributed by atoms with Crippen molar-refractivity contribution in [2.75, 3.05) is 0 Å². The van der Waals surface area contributed by atoms with Gasteiger partial charge in [-0.05, 0) is 18.2 Å². The molecule has 0 aliphatic carbocycles. The third kappa shape index (κ3) is 2.33. The minimum Gasteiger partial charge on any atom is -0.395 e. The van der Waals surface area contributed by atoms with Crippen LogP contribution in [0.15, 0.2) is 18.2 Å². The van der Waals surface area contributed by atoms with Crippen LogP contribution in [0.4, 0.5) is 8.78 Å². The maximum absolute atomic E-state index is 12.7. The van der Waals surface area contributed by atoms with E-state index in [1.165, 1.54) is 18.2 Å². The number of rotatable bonds is 3. The van der Waals surface area contributed by atoms with Gasteiger partial charge in [0.05, 0.1) is 6.07 Å². The highest BCUT2D eigenvalue weighted by Crippen LogP contribution is 2.41. The molecule has 0 bridgehead atoms. The molecule has 17 heavy (non-hydrogen) atoms. The first-order valence-corrected chi connectivity index (χ1v) is 4.82. The summed E-state index contributed by atoms with van der Waals surface area (Å²) in [6, 6.07) is 5.64. The van der Waals surface area contributed by atoms with E-state index in [0.717, 1.165) is 0 Å². The van der Waals surface area contributed by atoms with Gasteiger partial charge >= 0.3 is 6.29 Å². The monoisotopic (exact) mass is 239 g/mol. The first-order valence-electron chi connectivity index (χ1n) is 4.82. The fourth-order valence-electron chi connectivity index (χ4n) is 1.44. The number of carbonyl (C=O) groups excluding carboxylic acids is 1. The minimum absolute atomic E-state index is 0.0482. The van der Waals surface area contributed by atoms with Gasteiger partial charge < -0.3 is 9.47 Å². The zero-order valence-corrected chi connectivity index (χ0v) is 8.57. The van der Waals surface area contributed by atoms with E-state index in [2.05, 4.69) is 9.47 Å². The summed E-state index contributed by atoms with van der Waals surface area (Å²) >= 11 is 0. The Labute approximate surface area is 95.4 Å². The Morgan fingerprint density at radius 1 is 1.35 bits per heavy atom. The summed E-state index contributed by atoms with van der Waals surface area (Å²) < 4.78 is 33.8. The van der Waals surface area contributed by atoms with E-state index in [0.29, 0.717) is 0 Å². The molecule has 0 aromatic heterocycles. The molecule has 0 saturated heterocycles. The van der Waals surface area contributed by atoms with Crippen LogP contribution in [0.1, 0.15) is 23.2 Å². The maximum Gasteiger partial charge on any atom is 0.586 e. The quantitative estimate of drug-likeness (QED) is 0.760. The van der Waals surface area contributed by atoms with Crippen molar-refractivity contribution in [2.24, 2.45) is 0 Å². The Balaban J connectivity index is 2.19. The highest BCUT2D eigenvalue weighted by molar-refractivity contribution is 5.96. The average molecular weight is 239 g/mol. The molecule has 0 atom stereocenters. The van der Waals surface area contributed by atoms with E-state index in [1.807, 2.05) is 6.07 Å². The summed E-state index contributed by atoms with van der Waals surface area (Å²) in [7, 11) is 0. The van der Waals surface area contributed by atoms with Gasteiger partial charge in [-0.1, -0.05) is 0 Å². The lowest BCUT2D eigenvalue weighted by molar-refractivity contribution is -0.286. The van der Waals surface area contributed by atoms with Crippen molar-refractivity contribution in [2.45, 2.75) is 19.1 Å². The van der Waals surface area contributed by atoms with Gasteiger partial charge in [0.15, 0.2) is 17.3 Å². The third-order valence-electron chi connectivity index (χ3n) is 2.19. The predicted molar refractivity (Wildman–Crippen MR) is 51.8 cm³/mol. The number of alkyl halides is 2. The minimum atomic E-state index is -3.68. The first-order chi connectivity index (χ1) is 8.02. The molecule has 0 spiro atoms. The summed E-state index contributed by atoms with van der Waals surface area (Å²) in [6.45, 7) is 0. The lowest BCUT2D eigenvalue weighted by atomic mass is 10.1. The van der Waals surface area contributed by atoms with Crippen molar-refractivity contribution in [1.82, 2.24) is 0 Å². The predicted octanol–water partition coefficient (Wildman–Crippen LogP) is 2.49. The number of fused-ring (bicyclic) bond motifs is 1. The van der Waals surface area contributed by atoms with Gasteiger partial charge in [0.1, 0.15) is 0 Å². The molecule has 2 rings (SSSR count). The Morgan fingerprint density at radius 3 is 2.76 bits per heavy atom. The fourth-order valence-corrected chi connectivity index (χ4v) is 1.44. The molecule has 88 valence electrons.